The van der Waals surface area contributed by atoms with Gasteiger partial charge in [-0.15, -0.1) is 0 Å². The van der Waals surface area contributed by atoms with E-state index in [9.17, 15) is 9.59 Å². The maximum absolute atomic E-state index is 12.4. The summed E-state index contributed by atoms with van der Waals surface area (Å²) in [6, 6.07) is 9.53. The van der Waals surface area contributed by atoms with Crippen LogP contribution in [0.1, 0.15) is 39.7 Å². The van der Waals surface area contributed by atoms with Crippen molar-refractivity contribution in [3.05, 3.63) is 35.9 Å². The molecule has 1 aromatic rings. The van der Waals surface area contributed by atoms with E-state index in [0.29, 0.717) is 13.1 Å². The molecule has 1 aliphatic heterocycles. The Hall–Kier alpha value is -2.24. The molecule has 1 heterocycles. The number of likely N-dealkylation sites (tertiary alicyclic amines) is 1. The molecule has 1 saturated heterocycles. The number of benzene rings is 1. The second kappa shape index (κ2) is 8.43. The van der Waals surface area contributed by atoms with Crippen LogP contribution in [-0.2, 0) is 16.1 Å². The van der Waals surface area contributed by atoms with Crippen LogP contribution in [0.2, 0.25) is 0 Å². The van der Waals surface area contributed by atoms with Crippen molar-refractivity contribution in [1.29, 1.82) is 0 Å². The molecule has 2 amide bonds. The van der Waals surface area contributed by atoms with Crippen molar-refractivity contribution in [2.45, 2.75) is 52.4 Å². The van der Waals surface area contributed by atoms with Gasteiger partial charge in [0.2, 0.25) is 0 Å². The Bertz CT molecular complexity index is 612. The molecule has 0 radical (unpaired) electrons. The van der Waals surface area contributed by atoms with Crippen molar-refractivity contribution >= 4 is 12.2 Å². The lowest BCUT2D eigenvalue weighted by Crippen LogP contribution is -2.44. The first kappa shape index (κ1) is 20.1. The van der Waals surface area contributed by atoms with Crippen LogP contribution in [0.15, 0.2) is 30.3 Å². The highest BCUT2D eigenvalue weighted by atomic mass is 16.6. The van der Waals surface area contributed by atoms with Gasteiger partial charge in [-0.05, 0) is 38.7 Å². The van der Waals surface area contributed by atoms with Gasteiger partial charge in [-0.1, -0.05) is 37.3 Å². The first-order chi connectivity index (χ1) is 12.2. The molecule has 0 N–H and O–H groups in total. The summed E-state index contributed by atoms with van der Waals surface area (Å²) in [5.74, 6) is 0.205. The van der Waals surface area contributed by atoms with Gasteiger partial charge in [0.1, 0.15) is 12.2 Å². The summed E-state index contributed by atoms with van der Waals surface area (Å²) in [4.78, 5) is 28.1. The number of amides is 2. The van der Waals surface area contributed by atoms with Gasteiger partial charge in [-0.25, -0.2) is 9.59 Å². The molecule has 2 rings (SSSR count). The largest absolute Gasteiger partial charge is 0.445 e. The van der Waals surface area contributed by atoms with Crippen LogP contribution in [0.3, 0.4) is 0 Å². The summed E-state index contributed by atoms with van der Waals surface area (Å²) < 4.78 is 10.9. The zero-order valence-corrected chi connectivity index (χ0v) is 16.4. The second-order valence-corrected chi connectivity index (χ2v) is 7.77. The molecule has 1 aromatic carbocycles. The van der Waals surface area contributed by atoms with E-state index in [0.717, 1.165) is 12.0 Å². The smallest absolute Gasteiger partial charge is 0.410 e. The molecule has 26 heavy (non-hydrogen) atoms. The summed E-state index contributed by atoms with van der Waals surface area (Å²) in [5.41, 5.74) is 0.412. The van der Waals surface area contributed by atoms with Crippen molar-refractivity contribution < 1.29 is 19.1 Å². The van der Waals surface area contributed by atoms with E-state index in [1.807, 2.05) is 51.1 Å². The maximum atomic E-state index is 12.4. The van der Waals surface area contributed by atoms with Crippen LogP contribution >= 0.6 is 0 Å². The Labute approximate surface area is 156 Å². The van der Waals surface area contributed by atoms with Gasteiger partial charge in [0, 0.05) is 20.1 Å². The van der Waals surface area contributed by atoms with Gasteiger partial charge in [-0.2, -0.15) is 0 Å². The highest BCUT2D eigenvalue weighted by Gasteiger charge is 2.39. The topological polar surface area (TPSA) is 59.1 Å². The highest BCUT2D eigenvalue weighted by Crippen LogP contribution is 2.26. The summed E-state index contributed by atoms with van der Waals surface area (Å²) in [5, 5.41) is 0. The zero-order valence-electron chi connectivity index (χ0n) is 16.4. The molecule has 1 unspecified atom stereocenters. The van der Waals surface area contributed by atoms with Crippen LogP contribution in [0.25, 0.3) is 0 Å². The van der Waals surface area contributed by atoms with Gasteiger partial charge < -0.3 is 19.3 Å². The monoisotopic (exact) mass is 362 g/mol. The fraction of sp³-hybridized carbons (Fsp3) is 0.600. The van der Waals surface area contributed by atoms with Crippen molar-refractivity contribution in [3.8, 4) is 0 Å². The van der Waals surface area contributed by atoms with Gasteiger partial charge >= 0.3 is 12.2 Å². The number of hydrogen-bond acceptors (Lipinski definition) is 4. The van der Waals surface area contributed by atoms with E-state index in [4.69, 9.17) is 9.47 Å². The van der Waals surface area contributed by atoms with Gasteiger partial charge in [0.15, 0.2) is 0 Å². The average molecular weight is 362 g/mol. The number of carbonyl (C=O) groups is 2. The molecular formula is C20H30N2O4. The SMILES string of the molecule is CC[C@@H]1CN(C(=O)OCc2ccccc2)CC1N(C)C(=O)OC(C)(C)C. The van der Waals surface area contributed by atoms with E-state index in [1.165, 1.54) is 0 Å². The Morgan fingerprint density at radius 3 is 2.42 bits per heavy atom. The van der Waals surface area contributed by atoms with Crippen LogP contribution < -0.4 is 0 Å². The van der Waals surface area contributed by atoms with Crippen LogP contribution in [0, 0.1) is 5.92 Å². The van der Waals surface area contributed by atoms with Crippen LogP contribution in [0.4, 0.5) is 9.59 Å². The minimum absolute atomic E-state index is 0.0703. The summed E-state index contributed by atoms with van der Waals surface area (Å²) in [6.45, 7) is 8.90. The lowest BCUT2D eigenvalue weighted by Gasteiger charge is -2.30. The minimum Gasteiger partial charge on any atom is -0.445 e. The Kier molecular flexibility index (Phi) is 6.51. The molecule has 6 nitrogen and oxygen atoms in total. The molecular weight excluding hydrogens is 332 g/mol. The normalized spacial score (nSPS) is 20.0. The van der Waals surface area contributed by atoms with Crippen molar-refractivity contribution in [2.24, 2.45) is 5.92 Å². The van der Waals surface area contributed by atoms with Gasteiger partial charge in [-0.3, -0.25) is 0 Å². The molecule has 6 heteroatoms. The molecule has 2 atom stereocenters. The van der Waals surface area contributed by atoms with Gasteiger partial charge in [0.25, 0.3) is 0 Å². The first-order valence-electron chi connectivity index (χ1n) is 9.12. The number of likely N-dealkylation sites (N-methyl/N-ethyl adjacent to an activating group) is 1. The molecule has 0 aromatic heterocycles. The third kappa shape index (κ3) is 5.38. The van der Waals surface area contributed by atoms with E-state index in [1.54, 1.807) is 16.8 Å². The van der Waals surface area contributed by atoms with Crippen molar-refractivity contribution in [1.82, 2.24) is 9.80 Å². The maximum Gasteiger partial charge on any atom is 0.410 e. The molecule has 0 aliphatic carbocycles. The van der Waals surface area contributed by atoms with E-state index >= 15 is 0 Å². The fourth-order valence-corrected chi connectivity index (χ4v) is 3.12. The third-order valence-electron chi connectivity index (χ3n) is 4.57. The fourth-order valence-electron chi connectivity index (χ4n) is 3.12. The summed E-state index contributed by atoms with van der Waals surface area (Å²) in [7, 11) is 1.74. The van der Waals surface area contributed by atoms with Crippen LogP contribution in [0.5, 0.6) is 0 Å². The predicted molar refractivity (Wildman–Crippen MR) is 99.8 cm³/mol. The summed E-state index contributed by atoms with van der Waals surface area (Å²) >= 11 is 0. The zero-order chi connectivity index (χ0) is 19.3. The Balaban J connectivity index is 1.94. The molecule has 0 saturated carbocycles. The molecule has 1 aliphatic rings. The van der Waals surface area contributed by atoms with Gasteiger partial charge in [0.05, 0.1) is 6.04 Å². The standard InChI is InChI=1S/C20H30N2O4/c1-6-16-12-22(19(24)25-14-15-10-8-7-9-11-15)13-17(16)21(5)18(23)26-20(2,3)4/h7-11,16-17H,6,12-14H2,1-5H3/t16-,17?/m1/s1. The van der Waals surface area contributed by atoms with E-state index < -0.39 is 5.60 Å². The number of ether oxygens (including phenoxy) is 2. The van der Waals surface area contributed by atoms with E-state index in [-0.39, 0.29) is 30.8 Å². The highest BCUT2D eigenvalue weighted by molar-refractivity contribution is 5.70. The van der Waals surface area contributed by atoms with E-state index in [2.05, 4.69) is 6.92 Å². The average Bonchev–Trinajstić information content (AvgIpc) is 3.02. The first-order valence-corrected chi connectivity index (χ1v) is 9.12. The van der Waals surface area contributed by atoms with Crippen LogP contribution in [-0.4, -0.2) is 53.8 Å². The third-order valence-corrected chi connectivity index (χ3v) is 4.57. The molecule has 144 valence electrons. The lowest BCUT2D eigenvalue weighted by atomic mass is 10.00. The number of nitrogens with zero attached hydrogens (tertiary/aromatic N) is 2. The molecule has 1 fully saturated rings. The lowest BCUT2D eigenvalue weighted by molar-refractivity contribution is 0.0193. The summed E-state index contributed by atoms with van der Waals surface area (Å²) in [6.07, 6.45) is 0.174. The predicted octanol–water partition coefficient (Wildman–Crippen LogP) is 3.90. The molecule has 0 bridgehead atoms. The van der Waals surface area contributed by atoms with Crippen molar-refractivity contribution in [2.75, 3.05) is 20.1 Å². The quantitative estimate of drug-likeness (QED) is 0.815. The van der Waals surface area contributed by atoms with Crippen molar-refractivity contribution in [3.63, 3.8) is 0 Å². The number of carbonyl (C=O) groups excluding carboxylic acids is 2. The Morgan fingerprint density at radius 2 is 1.85 bits per heavy atom. The number of rotatable bonds is 4. The molecule has 0 spiro atoms. The second-order valence-electron chi connectivity index (χ2n) is 7.77. The minimum atomic E-state index is -0.542. The Morgan fingerprint density at radius 1 is 1.19 bits per heavy atom. The number of hydrogen-bond donors (Lipinski definition) is 0.